The molecule has 2 aromatic rings. The molecule has 1 aromatic heterocycles. The molecule has 1 aliphatic carbocycles. The number of carbonyl (C=O) groups excluding carboxylic acids is 1. The number of hydrogen-bond donors (Lipinski definition) is 2. The smallest absolute Gasteiger partial charge is 0.267 e. The van der Waals surface area contributed by atoms with Crippen LogP contribution in [0.2, 0.25) is 0 Å². The molecule has 3 rings (SSSR count). The minimum absolute atomic E-state index is 0.0136. The van der Waals surface area contributed by atoms with Gasteiger partial charge in [-0.2, -0.15) is 0 Å². The standard InChI is InChI=1S/C18H22N2O/c1-13-7-8-16-15(11-13)12-17(20-16)18(21)19-10-9-14-5-3-2-4-6-14/h5,7-8,11-12,20H,2-4,6,9-10H2,1H3,(H,19,21). The number of allylic oxidation sites excluding steroid dienone is 1. The maximum Gasteiger partial charge on any atom is 0.267 e. The van der Waals surface area contributed by atoms with Crippen molar-refractivity contribution in [3.05, 3.63) is 47.2 Å². The van der Waals surface area contributed by atoms with Crippen molar-refractivity contribution in [3.63, 3.8) is 0 Å². The number of fused-ring (bicyclic) bond motifs is 1. The SMILES string of the molecule is Cc1ccc2[nH]c(C(=O)NCCC3=CCCCC3)cc2c1. The Morgan fingerprint density at radius 2 is 2.19 bits per heavy atom. The number of carbonyl (C=O) groups is 1. The first-order chi connectivity index (χ1) is 10.2. The first-order valence-corrected chi connectivity index (χ1v) is 7.78. The summed E-state index contributed by atoms with van der Waals surface area (Å²) < 4.78 is 0. The largest absolute Gasteiger partial charge is 0.351 e. The Balaban J connectivity index is 1.60. The summed E-state index contributed by atoms with van der Waals surface area (Å²) in [6, 6.07) is 8.09. The van der Waals surface area contributed by atoms with Crippen LogP contribution in [-0.4, -0.2) is 17.4 Å². The molecule has 21 heavy (non-hydrogen) atoms. The lowest BCUT2D eigenvalue weighted by Gasteiger charge is -2.12. The van der Waals surface area contributed by atoms with Gasteiger partial charge < -0.3 is 10.3 Å². The lowest BCUT2D eigenvalue weighted by molar-refractivity contribution is 0.0950. The molecule has 0 fully saturated rings. The van der Waals surface area contributed by atoms with Crippen LogP contribution in [0.1, 0.15) is 48.2 Å². The molecule has 3 nitrogen and oxygen atoms in total. The molecule has 0 radical (unpaired) electrons. The second-order valence-electron chi connectivity index (χ2n) is 5.89. The summed E-state index contributed by atoms with van der Waals surface area (Å²) in [5.41, 5.74) is 4.36. The first kappa shape index (κ1) is 13.9. The van der Waals surface area contributed by atoms with Gasteiger partial charge in [0, 0.05) is 17.4 Å². The van der Waals surface area contributed by atoms with Crippen LogP contribution < -0.4 is 5.32 Å². The van der Waals surface area contributed by atoms with Gasteiger partial charge in [0.05, 0.1) is 0 Å². The lowest BCUT2D eigenvalue weighted by atomic mass is 9.97. The zero-order valence-electron chi connectivity index (χ0n) is 12.5. The number of aryl methyl sites for hydroxylation is 1. The highest BCUT2D eigenvalue weighted by molar-refractivity contribution is 5.98. The second-order valence-corrected chi connectivity index (χ2v) is 5.89. The Labute approximate surface area is 125 Å². The van der Waals surface area contributed by atoms with E-state index in [1.54, 1.807) is 0 Å². The third kappa shape index (κ3) is 3.35. The Morgan fingerprint density at radius 1 is 1.29 bits per heavy atom. The van der Waals surface area contributed by atoms with Crippen molar-refractivity contribution in [2.24, 2.45) is 0 Å². The highest BCUT2D eigenvalue weighted by Crippen LogP contribution is 2.20. The van der Waals surface area contributed by atoms with E-state index in [0.717, 1.165) is 23.9 Å². The molecule has 1 aliphatic rings. The molecule has 0 atom stereocenters. The Bertz CT molecular complexity index is 682. The maximum atomic E-state index is 12.2. The average molecular weight is 282 g/mol. The van der Waals surface area contributed by atoms with Crippen molar-refractivity contribution in [1.82, 2.24) is 10.3 Å². The summed E-state index contributed by atoms with van der Waals surface area (Å²) in [5.74, 6) is -0.0136. The van der Waals surface area contributed by atoms with E-state index >= 15 is 0 Å². The molecule has 1 aromatic carbocycles. The zero-order chi connectivity index (χ0) is 14.7. The van der Waals surface area contributed by atoms with Crippen LogP contribution in [-0.2, 0) is 0 Å². The van der Waals surface area contributed by atoms with Gasteiger partial charge >= 0.3 is 0 Å². The quantitative estimate of drug-likeness (QED) is 0.815. The second kappa shape index (κ2) is 6.17. The van der Waals surface area contributed by atoms with Crippen molar-refractivity contribution in [3.8, 4) is 0 Å². The first-order valence-electron chi connectivity index (χ1n) is 7.78. The molecular weight excluding hydrogens is 260 g/mol. The molecule has 0 spiro atoms. The molecule has 0 saturated heterocycles. The predicted octanol–water partition coefficient (Wildman–Crippen LogP) is 4.10. The van der Waals surface area contributed by atoms with Gasteiger partial charge in [0.2, 0.25) is 0 Å². The molecule has 0 aliphatic heterocycles. The minimum atomic E-state index is -0.0136. The topological polar surface area (TPSA) is 44.9 Å². The Morgan fingerprint density at radius 3 is 3.00 bits per heavy atom. The van der Waals surface area contributed by atoms with E-state index in [1.807, 2.05) is 12.1 Å². The molecule has 0 bridgehead atoms. The third-order valence-electron chi connectivity index (χ3n) is 4.14. The van der Waals surface area contributed by atoms with Crippen LogP contribution in [0, 0.1) is 6.92 Å². The molecule has 1 amide bonds. The number of aromatic amines is 1. The number of aromatic nitrogens is 1. The van der Waals surface area contributed by atoms with Crippen LogP contribution in [0.4, 0.5) is 0 Å². The number of rotatable bonds is 4. The van der Waals surface area contributed by atoms with Gasteiger partial charge in [-0.05, 0) is 57.2 Å². The van der Waals surface area contributed by atoms with E-state index in [9.17, 15) is 4.79 Å². The lowest BCUT2D eigenvalue weighted by Crippen LogP contribution is -2.25. The van der Waals surface area contributed by atoms with Crippen LogP contribution in [0.3, 0.4) is 0 Å². The number of H-pyrrole nitrogens is 1. The Hall–Kier alpha value is -2.03. The molecule has 0 saturated carbocycles. The third-order valence-corrected chi connectivity index (χ3v) is 4.14. The van der Waals surface area contributed by atoms with Gasteiger partial charge in [-0.1, -0.05) is 23.3 Å². The van der Waals surface area contributed by atoms with E-state index in [1.165, 1.54) is 36.8 Å². The Kier molecular flexibility index (Phi) is 4.09. The normalized spacial score (nSPS) is 15.0. The zero-order valence-corrected chi connectivity index (χ0v) is 12.5. The number of amides is 1. The van der Waals surface area contributed by atoms with Gasteiger partial charge in [0.25, 0.3) is 5.91 Å². The molecule has 0 unspecified atom stereocenters. The molecular formula is C18H22N2O. The molecule has 1 heterocycles. The highest BCUT2D eigenvalue weighted by Gasteiger charge is 2.10. The van der Waals surface area contributed by atoms with E-state index in [2.05, 4.69) is 35.4 Å². The minimum Gasteiger partial charge on any atom is -0.351 e. The van der Waals surface area contributed by atoms with E-state index in [0.29, 0.717) is 5.69 Å². The molecule has 3 heteroatoms. The van der Waals surface area contributed by atoms with E-state index < -0.39 is 0 Å². The van der Waals surface area contributed by atoms with Crippen molar-refractivity contribution >= 4 is 16.8 Å². The summed E-state index contributed by atoms with van der Waals surface area (Å²) in [4.78, 5) is 15.4. The summed E-state index contributed by atoms with van der Waals surface area (Å²) >= 11 is 0. The summed E-state index contributed by atoms with van der Waals surface area (Å²) in [5, 5.41) is 4.10. The van der Waals surface area contributed by atoms with E-state index in [-0.39, 0.29) is 5.91 Å². The van der Waals surface area contributed by atoms with Gasteiger partial charge in [0.15, 0.2) is 0 Å². The van der Waals surface area contributed by atoms with Crippen LogP contribution in [0.15, 0.2) is 35.9 Å². The fourth-order valence-electron chi connectivity index (χ4n) is 2.94. The monoisotopic (exact) mass is 282 g/mol. The maximum absolute atomic E-state index is 12.2. The van der Waals surface area contributed by atoms with Crippen LogP contribution >= 0.6 is 0 Å². The van der Waals surface area contributed by atoms with Crippen molar-refractivity contribution in [1.29, 1.82) is 0 Å². The fourth-order valence-corrected chi connectivity index (χ4v) is 2.94. The molecule has 2 N–H and O–H groups in total. The average Bonchev–Trinajstić information content (AvgIpc) is 2.91. The fraction of sp³-hybridized carbons (Fsp3) is 0.389. The van der Waals surface area contributed by atoms with Crippen molar-refractivity contribution < 1.29 is 4.79 Å². The number of nitrogens with one attached hydrogen (secondary N) is 2. The number of hydrogen-bond acceptors (Lipinski definition) is 1. The van der Waals surface area contributed by atoms with Gasteiger partial charge in [-0.15, -0.1) is 0 Å². The highest BCUT2D eigenvalue weighted by atomic mass is 16.1. The van der Waals surface area contributed by atoms with Crippen molar-refractivity contribution in [2.75, 3.05) is 6.54 Å². The van der Waals surface area contributed by atoms with Crippen molar-refractivity contribution in [2.45, 2.75) is 39.0 Å². The van der Waals surface area contributed by atoms with E-state index in [4.69, 9.17) is 0 Å². The molecule has 110 valence electrons. The summed E-state index contributed by atoms with van der Waals surface area (Å²) in [7, 11) is 0. The number of benzene rings is 1. The van der Waals surface area contributed by atoms with Crippen LogP contribution in [0.25, 0.3) is 10.9 Å². The summed E-state index contributed by atoms with van der Waals surface area (Å²) in [6.07, 6.45) is 8.31. The van der Waals surface area contributed by atoms with Crippen LogP contribution in [0.5, 0.6) is 0 Å². The van der Waals surface area contributed by atoms with Gasteiger partial charge in [-0.3, -0.25) is 4.79 Å². The van der Waals surface area contributed by atoms with Gasteiger partial charge in [-0.25, -0.2) is 0 Å². The van der Waals surface area contributed by atoms with Gasteiger partial charge in [0.1, 0.15) is 5.69 Å². The summed E-state index contributed by atoms with van der Waals surface area (Å²) in [6.45, 7) is 2.78. The predicted molar refractivity (Wildman–Crippen MR) is 86.5 cm³/mol.